The summed E-state index contributed by atoms with van der Waals surface area (Å²) in [5, 5.41) is 8.60. The molecule has 0 bridgehead atoms. The normalized spacial score (nSPS) is 29.3. The molecule has 4 unspecified atom stereocenters. The maximum atomic E-state index is 10.4. The van der Waals surface area contributed by atoms with E-state index in [1.807, 2.05) is 0 Å². The highest BCUT2D eigenvalue weighted by Crippen LogP contribution is 2.45. The van der Waals surface area contributed by atoms with Gasteiger partial charge in [0, 0.05) is 6.42 Å². The smallest absolute Gasteiger partial charge is 0.303 e. The molecule has 0 saturated heterocycles. The second-order valence-electron chi connectivity index (χ2n) is 9.23. The van der Waals surface area contributed by atoms with Crippen molar-refractivity contribution in [2.24, 2.45) is 23.7 Å². The minimum atomic E-state index is -0.647. The van der Waals surface area contributed by atoms with Crippen LogP contribution in [0, 0.1) is 23.7 Å². The van der Waals surface area contributed by atoms with Gasteiger partial charge in [0.25, 0.3) is 0 Å². The first-order valence-electron chi connectivity index (χ1n) is 11.4. The lowest BCUT2D eigenvalue weighted by atomic mass is 9.64. The van der Waals surface area contributed by atoms with Gasteiger partial charge in [-0.15, -0.1) is 0 Å². The third-order valence-corrected chi connectivity index (χ3v) is 6.99. The maximum absolute atomic E-state index is 10.4. The molecule has 0 heterocycles. The van der Waals surface area contributed by atoms with Crippen molar-refractivity contribution in [3.8, 4) is 0 Å². The molecule has 2 saturated carbocycles. The topological polar surface area (TPSA) is 37.3 Å². The van der Waals surface area contributed by atoms with Crippen LogP contribution in [-0.4, -0.2) is 11.1 Å². The van der Waals surface area contributed by atoms with Gasteiger partial charge >= 0.3 is 5.97 Å². The van der Waals surface area contributed by atoms with Crippen LogP contribution in [-0.2, 0) is 4.79 Å². The molecule has 25 heavy (non-hydrogen) atoms. The van der Waals surface area contributed by atoms with E-state index in [-0.39, 0.29) is 0 Å². The zero-order valence-corrected chi connectivity index (χ0v) is 16.7. The molecule has 2 aliphatic carbocycles. The van der Waals surface area contributed by atoms with Crippen LogP contribution in [0.25, 0.3) is 0 Å². The highest BCUT2D eigenvalue weighted by molar-refractivity contribution is 5.66. The highest BCUT2D eigenvalue weighted by atomic mass is 16.4. The lowest BCUT2D eigenvalue weighted by molar-refractivity contribution is -0.137. The standard InChI is InChI=1S/C23H42O2/c1-19-13-15-21-16-14-20(18-22(21)17-19)11-9-7-5-3-2-4-6-8-10-12-23(24)25/h19-22H,2-18H2,1H3,(H,24,25). The number of carboxylic acids is 1. The van der Waals surface area contributed by atoms with E-state index >= 15 is 0 Å². The van der Waals surface area contributed by atoms with Gasteiger partial charge in [-0.2, -0.15) is 0 Å². The lowest BCUT2D eigenvalue weighted by Gasteiger charge is -2.41. The van der Waals surface area contributed by atoms with Gasteiger partial charge in [0.1, 0.15) is 0 Å². The van der Waals surface area contributed by atoms with Gasteiger partial charge in [-0.1, -0.05) is 77.6 Å². The Morgan fingerprint density at radius 2 is 1.36 bits per heavy atom. The first kappa shape index (κ1) is 20.8. The van der Waals surface area contributed by atoms with Crippen LogP contribution in [0.3, 0.4) is 0 Å². The van der Waals surface area contributed by atoms with E-state index in [4.69, 9.17) is 5.11 Å². The second-order valence-corrected chi connectivity index (χ2v) is 9.23. The Labute approximate surface area is 156 Å². The van der Waals surface area contributed by atoms with Gasteiger partial charge < -0.3 is 5.11 Å². The molecule has 2 heteroatoms. The van der Waals surface area contributed by atoms with Crippen molar-refractivity contribution in [2.75, 3.05) is 0 Å². The summed E-state index contributed by atoms with van der Waals surface area (Å²) in [7, 11) is 0. The fourth-order valence-corrected chi connectivity index (χ4v) is 5.43. The van der Waals surface area contributed by atoms with Crippen LogP contribution in [0.2, 0.25) is 0 Å². The van der Waals surface area contributed by atoms with E-state index in [2.05, 4.69) is 6.92 Å². The van der Waals surface area contributed by atoms with Crippen molar-refractivity contribution in [1.29, 1.82) is 0 Å². The van der Waals surface area contributed by atoms with E-state index in [9.17, 15) is 4.79 Å². The summed E-state index contributed by atoms with van der Waals surface area (Å²) in [6, 6.07) is 0. The molecule has 1 N–H and O–H groups in total. The number of rotatable bonds is 12. The molecule has 2 aliphatic rings. The van der Waals surface area contributed by atoms with Crippen LogP contribution in [0.15, 0.2) is 0 Å². The molecule has 0 amide bonds. The maximum Gasteiger partial charge on any atom is 0.303 e. The number of carboxylic acid groups (broad SMARTS) is 1. The van der Waals surface area contributed by atoms with E-state index in [0.29, 0.717) is 6.42 Å². The Balaban J connectivity index is 1.39. The summed E-state index contributed by atoms with van der Waals surface area (Å²) in [4.78, 5) is 10.4. The van der Waals surface area contributed by atoms with Crippen LogP contribution in [0.4, 0.5) is 0 Å². The van der Waals surface area contributed by atoms with Crippen LogP contribution < -0.4 is 0 Å². The Bertz CT molecular complexity index is 365. The van der Waals surface area contributed by atoms with Gasteiger partial charge in [-0.05, 0) is 55.8 Å². The molecule has 4 atom stereocenters. The first-order chi connectivity index (χ1) is 12.1. The van der Waals surface area contributed by atoms with Crippen molar-refractivity contribution in [3.05, 3.63) is 0 Å². The number of fused-ring (bicyclic) bond motifs is 1. The largest absolute Gasteiger partial charge is 0.481 e. The molecular weight excluding hydrogens is 308 g/mol. The van der Waals surface area contributed by atoms with Crippen molar-refractivity contribution in [1.82, 2.24) is 0 Å². The molecule has 0 aromatic heterocycles. The molecule has 2 nitrogen and oxygen atoms in total. The molecule has 146 valence electrons. The quantitative estimate of drug-likeness (QED) is 0.377. The Morgan fingerprint density at radius 3 is 2.04 bits per heavy atom. The lowest BCUT2D eigenvalue weighted by Crippen LogP contribution is -2.30. The van der Waals surface area contributed by atoms with E-state index < -0.39 is 5.97 Å². The summed E-state index contributed by atoms with van der Waals surface area (Å²) < 4.78 is 0. The average molecular weight is 351 g/mol. The zero-order valence-electron chi connectivity index (χ0n) is 16.7. The molecule has 0 radical (unpaired) electrons. The van der Waals surface area contributed by atoms with Crippen molar-refractivity contribution >= 4 is 5.97 Å². The van der Waals surface area contributed by atoms with E-state index in [0.717, 1.165) is 36.5 Å². The van der Waals surface area contributed by atoms with Crippen LogP contribution >= 0.6 is 0 Å². The number of carbonyl (C=O) groups is 1. The van der Waals surface area contributed by atoms with Gasteiger partial charge in [0.05, 0.1) is 0 Å². The van der Waals surface area contributed by atoms with Gasteiger partial charge in [-0.25, -0.2) is 0 Å². The third-order valence-electron chi connectivity index (χ3n) is 6.99. The average Bonchev–Trinajstić information content (AvgIpc) is 2.59. The number of hydrogen-bond acceptors (Lipinski definition) is 1. The molecule has 0 aromatic carbocycles. The molecule has 0 aromatic rings. The minimum Gasteiger partial charge on any atom is -0.481 e. The monoisotopic (exact) mass is 350 g/mol. The van der Waals surface area contributed by atoms with Gasteiger partial charge in [0.2, 0.25) is 0 Å². The second kappa shape index (κ2) is 12.0. The predicted molar refractivity (Wildman–Crippen MR) is 106 cm³/mol. The summed E-state index contributed by atoms with van der Waals surface area (Å²) in [6.07, 6.45) is 22.5. The highest BCUT2D eigenvalue weighted by Gasteiger charge is 2.33. The Morgan fingerprint density at radius 1 is 0.760 bits per heavy atom. The third kappa shape index (κ3) is 8.60. The van der Waals surface area contributed by atoms with Gasteiger partial charge in [-0.3, -0.25) is 4.79 Å². The number of unbranched alkanes of at least 4 members (excludes halogenated alkanes) is 8. The predicted octanol–water partition coefficient (Wildman–Crippen LogP) is 7.21. The summed E-state index contributed by atoms with van der Waals surface area (Å²) >= 11 is 0. The molecule has 0 spiro atoms. The van der Waals surface area contributed by atoms with Crippen LogP contribution in [0.5, 0.6) is 0 Å². The first-order valence-corrected chi connectivity index (χ1v) is 11.4. The zero-order chi connectivity index (χ0) is 17.9. The fourth-order valence-electron chi connectivity index (χ4n) is 5.43. The number of aliphatic carboxylic acids is 1. The van der Waals surface area contributed by atoms with E-state index in [1.165, 1.54) is 83.5 Å². The Kier molecular flexibility index (Phi) is 9.94. The molecular formula is C23H42O2. The summed E-state index contributed by atoms with van der Waals surface area (Å²) in [5.74, 6) is 3.54. The summed E-state index contributed by atoms with van der Waals surface area (Å²) in [6.45, 7) is 2.46. The molecule has 2 rings (SSSR count). The van der Waals surface area contributed by atoms with Gasteiger partial charge in [0.15, 0.2) is 0 Å². The SMILES string of the molecule is CC1CCC2CCC(CCCCCCCCCCCC(=O)O)CC2C1. The Hall–Kier alpha value is -0.530. The van der Waals surface area contributed by atoms with Crippen LogP contribution in [0.1, 0.15) is 116 Å². The molecule has 0 aliphatic heterocycles. The minimum absolute atomic E-state index is 0.349. The fraction of sp³-hybridized carbons (Fsp3) is 0.957. The van der Waals surface area contributed by atoms with Crippen molar-refractivity contribution in [2.45, 2.75) is 116 Å². The van der Waals surface area contributed by atoms with Crippen molar-refractivity contribution in [3.63, 3.8) is 0 Å². The van der Waals surface area contributed by atoms with Crippen molar-refractivity contribution < 1.29 is 9.90 Å². The summed E-state index contributed by atoms with van der Waals surface area (Å²) in [5.41, 5.74) is 0. The van der Waals surface area contributed by atoms with E-state index in [1.54, 1.807) is 6.42 Å². The number of hydrogen-bond donors (Lipinski definition) is 1. The molecule has 2 fully saturated rings.